The quantitative estimate of drug-likeness (QED) is 0.121. The summed E-state index contributed by atoms with van der Waals surface area (Å²) in [5.74, 6) is -0.879. The number of β-amino-alcohol motifs (C(OH)–C–C–N with tert-alkyl or cyclic N) is 1. The lowest BCUT2D eigenvalue weighted by molar-refractivity contribution is -0.769. The maximum atomic E-state index is 12.5. The predicted molar refractivity (Wildman–Crippen MR) is 136 cm³/mol. The number of rotatable bonds is 14. The van der Waals surface area contributed by atoms with Crippen molar-refractivity contribution in [3.63, 3.8) is 0 Å². The standard InChI is InChI=1S/C24H38N4O7S/c1-24(2,15-26-22(30)16-8-10-19(11-9-16)35-28(32)33)27-13-18(29)14-34-23(31)20(25)12-17-6-4-5-7-21(17)36-3/h4-7,16,18-20,27,29H,8-15,25H2,1-3H3,(H,26,30)/t16?,18?,19?,20-/m0/s1. The average molecular weight is 527 g/mol. The number of ether oxygens (including phenoxy) is 1. The maximum absolute atomic E-state index is 12.5. The Labute approximate surface area is 216 Å². The largest absolute Gasteiger partial charge is 0.462 e. The molecular formula is C24H38N4O7S. The van der Waals surface area contributed by atoms with Crippen LogP contribution >= 0.6 is 11.8 Å². The molecule has 1 aliphatic carbocycles. The molecule has 1 fully saturated rings. The van der Waals surface area contributed by atoms with Gasteiger partial charge in [-0.25, -0.2) is 0 Å². The SMILES string of the molecule is CSc1ccccc1C[C@H](N)C(=O)OCC(O)CNC(C)(C)CNC(=O)C1CCC(O[N+](=O)[O-])CC1. The van der Waals surface area contributed by atoms with Crippen LogP contribution in [0.2, 0.25) is 0 Å². The summed E-state index contributed by atoms with van der Waals surface area (Å²) >= 11 is 1.58. The zero-order valence-corrected chi connectivity index (χ0v) is 21.9. The molecule has 0 radical (unpaired) electrons. The Morgan fingerprint density at radius 2 is 1.94 bits per heavy atom. The van der Waals surface area contributed by atoms with Crippen LogP contribution in [-0.2, 0) is 25.6 Å². The van der Waals surface area contributed by atoms with Crippen molar-refractivity contribution in [3.05, 3.63) is 39.9 Å². The molecule has 202 valence electrons. The Bertz CT molecular complexity index is 878. The van der Waals surface area contributed by atoms with Gasteiger partial charge in [0.15, 0.2) is 0 Å². The van der Waals surface area contributed by atoms with Gasteiger partial charge in [0.1, 0.15) is 24.9 Å². The van der Waals surface area contributed by atoms with Gasteiger partial charge < -0.3 is 31.0 Å². The Balaban J connectivity index is 1.66. The van der Waals surface area contributed by atoms with Crippen molar-refractivity contribution in [3.8, 4) is 0 Å². The number of nitrogens with two attached hydrogens (primary N) is 1. The summed E-state index contributed by atoms with van der Waals surface area (Å²) in [6, 6.07) is 6.89. The van der Waals surface area contributed by atoms with E-state index in [-0.39, 0.29) is 25.0 Å². The number of carbonyl (C=O) groups excluding carboxylic acids is 2. The summed E-state index contributed by atoms with van der Waals surface area (Å²) in [6.07, 6.45) is 2.94. The average Bonchev–Trinajstić information content (AvgIpc) is 2.85. The number of hydrogen-bond donors (Lipinski definition) is 4. The molecule has 36 heavy (non-hydrogen) atoms. The number of hydrogen-bond acceptors (Lipinski definition) is 10. The topological polar surface area (TPSA) is 166 Å². The van der Waals surface area contributed by atoms with E-state index < -0.39 is 34.8 Å². The molecule has 0 spiro atoms. The van der Waals surface area contributed by atoms with Crippen LogP contribution in [0.1, 0.15) is 45.1 Å². The van der Waals surface area contributed by atoms with E-state index in [1.807, 2.05) is 44.4 Å². The Morgan fingerprint density at radius 1 is 1.28 bits per heavy atom. The molecular weight excluding hydrogens is 488 g/mol. The molecule has 1 saturated carbocycles. The van der Waals surface area contributed by atoms with E-state index in [0.717, 1.165) is 10.5 Å². The third kappa shape index (κ3) is 10.3. The minimum atomic E-state index is -0.938. The van der Waals surface area contributed by atoms with E-state index in [2.05, 4.69) is 15.5 Å². The summed E-state index contributed by atoms with van der Waals surface area (Å²) in [7, 11) is 0. The van der Waals surface area contributed by atoms with E-state index in [1.54, 1.807) is 11.8 Å². The zero-order chi connectivity index (χ0) is 26.7. The number of aliphatic hydroxyl groups excluding tert-OH is 1. The van der Waals surface area contributed by atoms with Gasteiger partial charge >= 0.3 is 5.97 Å². The molecule has 5 N–H and O–H groups in total. The molecule has 0 bridgehead atoms. The third-order valence-corrected chi connectivity index (χ3v) is 6.99. The molecule has 12 heteroatoms. The Kier molecular flexibility index (Phi) is 11.9. The van der Waals surface area contributed by atoms with Crippen molar-refractivity contribution in [2.24, 2.45) is 11.7 Å². The first-order valence-electron chi connectivity index (χ1n) is 12.1. The van der Waals surface area contributed by atoms with Crippen LogP contribution in [-0.4, -0.2) is 71.8 Å². The van der Waals surface area contributed by atoms with Gasteiger partial charge in [-0.05, 0) is 63.8 Å². The molecule has 0 aliphatic heterocycles. The fourth-order valence-electron chi connectivity index (χ4n) is 4.00. The number of benzene rings is 1. The van der Waals surface area contributed by atoms with Crippen LogP contribution in [0.15, 0.2) is 29.2 Å². The van der Waals surface area contributed by atoms with Crippen molar-refractivity contribution in [2.75, 3.05) is 26.0 Å². The second-order valence-electron chi connectivity index (χ2n) is 9.69. The second kappa shape index (κ2) is 14.4. The lowest BCUT2D eigenvalue weighted by Gasteiger charge is -2.30. The zero-order valence-electron chi connectivity index (χ0n) is 21.1. The first-order chi connectivity index (χ1) is 17.0. The normalized spacial score (nSPS) is 19.7. The molecule has 2 atom stereocenters. The molecule has 1 unspecified atom stereocenters. The minimum absolute atomic E-state index is 0.101. The van der Waals surface area contributed by atoms with Crippen LogP contribution in [0.5, 0.6) is 0 Å². The van der Waals surface area contributed by atoms with Gasteiger partial charge in [0, 0.05) is 29.4 Å². The summed E-state index contributed by atoms with van der Waals surface area (Å²) in [4.78, 5) is 40.9. The number of amides is 1. The number of nitrogens with zero attached hydrogens (tertiary/aromatic N) is 1. The molecule has 0 aromatic heterocycles. The summed E-state index contributed by atoms with van der Waals surface area (Å²) in [5, 5.41) is 26.0. The molecule has 11 nitrogen and oxygen atoms in total. The smallest absolute Gasteiger partial charge is 0.323 e. The third-order valence-electron chi connectivity index (χ3n) is 6.15. The highest BCUT2D eigenvalue weighted by molar-refractivity contribution is 7.98. The summed E-state index contributed by atoms with van der Waals surface area (Å²) in [5.41, 5.74) is 6.45. The van der Waals surface area contributed by atoms with Gasteiger partial charge in [-0.1, -0.05) is 18.2 Å². The van der Waals surface area contributed by atoms with Gasteiger partial charge in [-0.15, -0.1) is 21.9 Å². The van der Waals surface area contributed by atoms with Crippen molar-refractivity contribution >= 4 is 23.6 Å². The highest BCUT2D eigenvalue weighted by Gasteiger charge is 2.29. The van der Waals surface area contributed by atoms with E-state index >= 15 is 0 Å². The summed E-state index contributed by atoms with van der Waals surface area (Å²) < 4.78 is 5.20. The van der Waals surface area contributed by atoms with Gasteiger partial charge in [0.25, 0.3) is 5.09 Å². The van der Waals surface area contributed by atoms with Gasteiger partial charge in [0.05, 0.1) is 0 Å². The van der Waals surface area contributed by atoms with Crippen molar-refractivity contribution < 1.29 is 29.4 Å². The van der Waals surface area contributed by atoms with Crippen LogP contribution < -0.4 is 16.4 Å². The highest BCUT2D eigenvalue weighted by atomic mass is 32.2. The predicted octanol–water partition coefficient (Wildman–Crippen LogP) is 1.43. The van der Waals surface area contributed by atoms with E-state index in [0.29, 0.717) is 38.6 Å². The van der Waals surface area contributed by atoms with Crippen molar-refractivity contribution in [2.45, 2.75) is 74.6 Å². The molecule has 1 aromatic rings. The van der Waals surface area contributed by atoms with Gasteiger partial charge in [-0.2, -0.15) is 0 Å². The van der Waals surface area contributed by atoms with E-state index in [4.69, 9.17) is 10.5 Å². The number of nitrogens with one attached hydrogen (secondary N) is 2. The first-order valence-corrected chi connectivity index (χ1v) is 13.3. The number of aliphatic hydroxyl groups is 1. The van der Waals surface area contributed by atoms with Gasteiger partial charge in [0.2, 0.25) is 5.91 Å². The van der Waals surface area contributed by atoms with Crippen LogP contribution in [0.25, 0.3) is 0 Å². The lowest BCUT2D eigenvalue weighted by atomic mass is 9.86. The molecule has 0 saturated heterocycles. The number of esters is 1. The molecule has 1 aliphatic rings. The van der Waals surface area contributed by atoms with E-state index in [9.17, 15) is 24.8 Å². The number of thioether (sulfide) groups is 1. The second-order valence-corrected chi connectivity index (χ2v) is 10.5. The summed E-state index contributed by atoms with van der Waals surface area (Å²) in [6.45, 7) is 4.05. The first kappa shape index (κ1) is 29.8. The number of carbonyl (C=O) groups is 2. The van der Waals surface area contributed by atoms with Crippen LogP contribution in [0.4, 0.5) is 0 Å². The van der Waals surface area contributed by atoms with Crippen LogP contribution in [0.3, 0.4) is 0 Å². The minimum Gasteiger partial charge on any atom is -0.462 e. The fraction of sp³-hybridized carbons (Fsp3) is 0.667. The van der Waals surface area contributed by atoms with Crippen molar-refractivity contribution in [1.29, 1.82) is 0 Å². The molecule has 1 amide bonds. The Hall–Kier alpha value is -2.41. The van der Waals surface area contributed by atoms with Gasteiger partial charge in [-0.3, -0.25) is 9.59 Å². The molecule has 1 aromatic carbocycles. The highest BCUT2D eigenvalue weighted by Crippen LogP contribution is 2.26. The van der Waals surface area contributed by atoms with E-state index in [1.165, 1.54) is 0 Å². The van der Waals surface area contributed by atoms with Crippen LogP contribution in [0, 0.1) is 16.0 Å². The lowest BCUT2D eigenvalue weighted by Crippen LogP contribution is -2.52. The molecule has 2 rings (SSSR count). The van der Waals surface area contributed by atoms with Crippen molar-refractivity contribution in [1.82, 2.24) is 10.6 Å². The monoisotopic (exact) mass is 526 g/mol. The molecule has 0 heterocycles. The Morgan fingerprint density at radius 3 is 2.58 bits per heavy atom. The maximum Gasteiger partial charge on any atom is 0.323 e. The fourth-order valence-corrected chi connectivity index (χ4v) is 4.63.